The van der Waals surface area contributed by atoms with Gasteiger partial charge < -0.3 is 10.3 Å². The highest BCUT2D eigenvalue weighted by molar-refractivity contribution is 5.40. The lowest BCUT2D eigenvalue weighted by Gasteiger charge is -2.07. The molecule has 6 nitrogen and oxygen atoms in total. The summed E-state index contributed by atoms with van der Waals surface area (Å²) < 4.78 is 1.88. The highest BCUT2D eigenvalue weighted by Gasteiger charge is 2.13. The smallest absolute Gasteiger partial charge is 0.274 e. The maximum Gasteiger partial charge on any atom is 0.274 e. The summed E-state index contributed by atoms with van der Waals surface area (Å²) in [7, 11) is 0. The second-order valence-electron chi connectivity index (χ2n) is 3.90. The molecule has 94 valence electrons. The van der Waals surface area contributed by atoms with E-state index in [0.717, 1.165) is 5.82 Å². The van der Waals surface area contributed by atoms with E-state index in [1.807, 2.05) is 10.8 Å². The van der Waals surface area contributed by atoms with Crippen molar-refractivity contribution in [3.05, 3.63) is 58.2 Å². The molecule has 2 rings (SSSR count). The molecule has 0 spiro atoms. The molecule has 18 heavy (non-hydrogen) atoms. The van der Waals surface area contributed by atoms with Crippen molar-refractivity contribution >= 4 is 5.69 Å². The summed E-state index contributed by atoms with van der Waals surface area (Å²) in [5.74, 6) is 0.843. The predicted octanol–water partition coefficient (Wildman–Crippen LogP) is 1.34. The number of benzene rings is 1. The van der Waals surface area contributed by atoms with Crippen LogP contribution < -0.4 is 5.73 Å². The summed E-state index contributed by atoms with van der Waals surface area (Å²) in [4.78, 5) is 14.7. The second-order valence-corrected chi connectivity index (χ2v) is 3.90. The molecule has 0 unspecified atom stereocenters. The minimum absolute atomic E-state index is 0.130. The van der Waals surface area contributed by atoms with Gasteiger partial charge in [-0.15, -0.1) is 0 Å². The third kappa shape index (κ3) is 2.54. The van der Waals surface area contributed by atoms with Gasteiger partial charge in [0, 0.05) is 30.4 Å². The lowest BCUT2D eigenvalue weighted by molar-refractivity contribution is -0.385. The van der Waals surface area contributed by atoms with Gasteiger partial charge in [0.1, 0.15) is 5.82 Å². The topological polar surface area (TPSA) is 87.0 Å². The average molecular weight is 246 g/mol. The van der Waals surface area contributed by atoms with Crippen molar-refractivity contribution in [3.63, 3.8) is 0 Å². The number of para-hydroxylation sites is 1. The van der Waals surface area contributed by atoms with Crippen molar-refractivity contribution in [1.82, 2.24) is 9.55 Å². The largest absolute Gasteiger partial charge is 0.330 e. The molecular weight excluding hydrogens is 232 g/mol. The third-order valence-electron chi connectivity index (χ3n) is 2.70. The number of nitrogens with two attached hydrogens (primary N) is 1. The van der Waals surface area contributed by atoms with Gasteiger partial charge in [-0.2, -0.15) is 0 Å². The molecular formula is C12H14N4O2. The van der Waals surface area contributed by atoms with E-state index in [1.54, 1.807) is 24.4 Å². The number of rotatable bonds is 5. The third-order valence-corrected chi connectivity index (χ3v) is 2.70. The Morgan fingerprint density at radius 3 is 2.89 bits per heavy atom. The SMILES string of the molecule is NCCc1nccn1Cc1ccccc1[N+](=O)[O-]. The van der Waals surface area contributed by atoms with Crippen molar-refractivity contribution in [2.45, 2.75) is 13.0 Å². The number of hydrogen-bond acceptors (Lipinski definition) is 4. The van der Waals surface area contributed by atoms with Crippen LogP contribution >= 0.6 is 0 Å². The standard InChI is InChI=1S/C12H14N4O2/c13-6-5-12-14-7-8-15(12)9-10-3-1-2-4-11(10)16(17)18/h1-4,7-8H,5-6,9,13H2. The normalized spacial score (nSPS) is 10.5. The maximum absolute atomic E-state index is 10.9. The minimum atomic E-state index is -0.366. The first-order valence-corrected chi connectivity index (χ1v) is 5.64. The molecule has 0 aliphatic rings. The quantitative estimate of drug-likeness (QED) is 0.637. The van der Waals surface area contributed by atoms with Crippen molar-refractivity contribution in [2.75, 3.05) is 6.54 Å². The van der Waals surface area contributed by atoms with Crippen LogP contribution in [0.5, 0.6) is 0 Å². The van der Waals surface area contributed by atoms with E-state index in [0.29, 0.717) is 25.1 Å². The molecule has 0 aliphatic carbocycles. The zero-order chi connectivity index (χ0) is 13.0. The molecule has 1 aromatic carbocycles. The molecule has 0 atom stereocenters. The Morgan fingerprint density at radius 1 is 1.39 bits per heavy atom. The van der Waals surface area contributed by atoms with Crippen molar-refractivity contribution in [3.8, 4) is 0 Å². The highest BCUT2D eigenvalue weighted by Crippen LogP contribution is 2.19. The Labute approximate surface area is 104 Å². The molecule has 0 bridgehead atoms. The van der Waals surface area contributed by atoms with E-state index in [1.165, 1.54) is 6.07 Å². The Kier molecular flexibility index (Phi) is 3.69. The van der Waals surface area contributed by atoms with Crippen molar-refractivity contribution in [1.29, 1.82) is 0 Å². The van der Waals surface area contributed by atoms with Gasteiger partial charge >= 0.3 is 0 Å². The monoisotopic (exact) mass is 246 g/mol. The summed E-state index contributed by atoms with van der Waals surface area (Å²) in [5, 5.41) is 10.9. The molecule has 2 N–H and O–H groups in total. The van der Waals surface area contributed by atoms with Crippen LogP contribution in [0.2, 0.25) is 0 Å². The highest BCUT2D eigenvalue weighted by atomic mass is 16.6. The van der Waals surface area contributed by atoms with E-state index in [-0.39, 0.29) is 10.6 Å². The van der Waals surface area contributed by atoms with Gasteiger partial charge in [-0.1, -0.05) is 18.2 Å². The molecule has 6 heteroatoms. The molecule has 0 saturated carbocycles. The number of hydrogen-bond donors (Lipinski definition) is 1. The summed E-state index contributed by atoms with van der Waals surface area (Å²) in [6.07, 6.45) is 4.15. The van der Waals surface area contributed by atoms with Crippen LogP contribution in [-0.2, 0) is 13.0 Å². The first-order valence-electron chi connectivity index (χ1n) is 5.64. The van der Waals surface area contributed by atoms with Crippen LogP contribution in [0.1, 0.15) is 11.4 Å². The zero-order valence-corrected chi connectivity index (χ0v) is 9.82. The fourth-order valence-corrected chi connectivity index (χ4v) is 1.85. The number of nitro groups is 1. The van der Waals surface area contributed by atoms with E-state index in [2.05, 4.69) is 4.98 Å². The van der Waals surface area contributed by atoms with Crippen LogP contribution in [0.15, 0.2) is 36.7 Å². The van der Waals surface area contributed by atoms with Gasteiger partial charge in [0.2, 0.25) is 0 Å². The Morgan fingerprint density at radius 2 is 2.17 bits per heavy atom. The fourth-order valence-electron chi connectivity index (χ4n) is 1.85. The van der Waals surface area contributed by atoms with E-state index in [9.17, 15) is 10.1 Å². The van der Waals surface area contributed by atoms with E-state index < -0.39 is 0 Å². The van der Waals surface area contributed by atoms with E-state index >= 15 is 0 Å². The number of aromatic nitrogens is 2. The number of nitro benzene ring substituents is 1. The van der Waals surface area contributed by atoms with E-state index in [4.69, 9.17) is 5.73 Å². The van der Waals surface area contributed by atoms with Crippen molar-refractivity contribution < 1.29 is 4.92 Å². The number of nitrogens with zero attached hydrogens (tertiary/aromatic N) is 3. The summed E-state index contributed by atoms with van der Waals surface area (Å²) in [5.41, 5.74) is 6.29. The summed E-state index contributed by atoms with van der Waals surface area (Å²) in [6.45, 7) is 0.945. The Balaban J connectivity index is 2.28. The fraction of sp³-hybridized carbons (Fsp3) is 0.250. The summed E-state index contributed by atoms with van der Waals surface area (Å²) in [6, 6.07) is 6.72. The molecule has 2 aromatic rings. The first-order chi connectivity index (χ1) is 8.72. The lowest BCUT2D eigenvalue weighted by Crippen LogP contribution is -2.11. The first kappa shape index (κ1) is 12.3. The minimum Gasteiger partial charge on any atom is -0.330 e. The predicted molar refractivity (Wildman–Crippen MR) is 67.2 cm³/mol. The Bertz CT molecular complexity index is 551. The van der Waals surface area contributed by atoms with Crippen LogP contribution in [0, 0.1) is 10.1 Å². The Hall–Kier alpha value is -2.21. The molecule has 0 radical (unpaired) electrons. The average Bonchev–Trinajstić information content (AvgIpc) is 2.78. The molecule has 0 amide bonds. The second kappa shape index (κ2) is 5.42. The maximum atomic E-state index is 10.9. The molecule has 0 aliphatic heterocycles. The van der Waals surface area contributed by atoms with Gasteiger partial charge in [-0.05, 0) is 6.54 Å². The zero-order valence-electron chi connectivity index (χ0n) is 9.82. The van der Waals surface area contributed by atoms with Crippen LogP contribution in [0.4, 0.5) is 5.69 Å². The van der Waals surface area contributed by atoms with Gasteiger partial charge in [0.25, 0.3) is 5.69 Å². The van der Waals surface area contributed by atoms with Gasteiger partial charge in [0.05, 0.1) is 11.5 Å². The van der Waals surface area contributed by atoms with Crippen molar-refractivity contribution in [2.24, 2.45) is 5.73 Å². The molecule has 1 aromatic heterocycles. The molecule has 0 saturated heterocycles. The summed E-state index contributed by atoms with van der Waals surface area (Å²) >= 11 is 0. The van der Waals surface area contributed by atoms with Crippen LogP contribution in [0.3, 0.4) is 0 Å². The molecule has 0 fully saturated rings. The van der Waals surface area contributed by atoms with Crippen LogP contribution in [-0.4, -0.2) is 21.0 Å². The molecule has 1 heterocycles. The number of imidazole rings is 1. The van der Waals surface area contributed by atoms with Gasteiger partial charge in [-0.25, -0.2) is 4.98 Å². The van der Waals surface area contributed by atoms with Crippen LogP contribution in [0.25, 0.3) is 0 Å². The van der Waals surface area contributed by atoms with Gasteiger partial charge in [-0.3, -0.25) is 10.1 Å². The lowest BCUT2D eigenvalue weighted by atomic mass is 10.2. The van der Waals surface area contributed by atoms with Gasteiger partial charge in [0.15, 0.2) is 0 Å².